The fourth-order valence-corrected chi connectivity index (χ4v) is 3.86. The third-order valence-corrected chi connectivity index (χ3v) is 5.80. The van der Waals surface area contributed by atoms with Crippen molar-refractivity contribution in [2.45, 2.75) is 52.2 Å². The van der Waals surface area contributed by atoms with Crippen LogP contribution in [0.25, 0.3) is 0 Å². The van der Waals surface area contributed by atoms with E-state index in [1.807, 2.05) is 82.3 Å². The van der Waals surface area contributed by atoms with E-state index >= 15 is 0 Å². The summed E-state index contributed by atoms with van der Waals surface area (Å²) < 4.78 is 5.77. The lowest BCUT2D eigenvalue weighted by Crippen LogP contribution is -2.55. The van der Waals surface area contributed by atoms with Gasteiger partial charge in [0.25, 0.3) is 5.91 Å². The fraction of sp³-hybridized carbons (Fsp3) is 0.310. The molecular weight excluding hydrogens is 460 g/mol. The average molecular weight is 493 g/mol. The summed E-state index contributed by atoms with van der Waals surface area (Å²) in [4.78, 5) is 28.8. The molecule has 0 aliphatic carbocycles. The van der Waals surface area contributed by atoms with Gasteiger partial charge in [-0.05, 0) is 68.7 Å². The van der Waals surface area contributed by atoms with Gasteiger partial charge in [-0.1, -0.05) is 66.2 Å². The van der Waals surface area contributed by atoms with Crippen LogP contribution < -0.4 is 10.1 Å². The summed E-state index contributed by atoms with van der Waals surface area (Å²) in [7, 11) is 0. The van der Waals surface area contributed by atoms with Crippen molar-refractivity contribution < 1.29 is 14.3 Å². The maximum absolute atomic E-state index is 13.6. The molecule has 0 heterocycles. The van der Waals surface area contributed by atoms with Crippen LogP contribution in [-0.2, 0) is 22.6 Å². The number of hydrogen-bond acceptors (Lipinski definition) is 3. The van der Waals surface area contributed by atoms with E-state index in [2.05, 4.69) is 5.32 Å². The molecule has 35 heavy (non-hydrogen) atoms. The Labute approximate surface area is 213 Å². The van der Waals surface area contributed by atoms with Crippen molar-refractivity contribution in [3.8, 4) is 5.75 Å². The maximum atomic E-state index is 13.6. The van der Waals surface area contributed by atoms with Crippen molar-refractivity contribution in [2.24, 2.45) is 0 Å². The number of carbonyl (C=O) groups is 2. The first-order chi connectivity index (χ1) is 16.6. The molecule has 5 nitrogen and oxygen atoms in total. The molecule has 0 fully saturated rings. The Hall–Kier alpha value is -3.31. The zero-order valence-electron chi connectivity index (χ0n) is 20.8. The van der Waals surface area contributed by atoms with E-state index in [0.717, 1.165) is 16.7 Å². The SMILES string of the molecule is Cc1ccccc1CN(C(=O)COc1ccc(Cl)cc1)C(Cc1ccccc1)C(=O)NC(C)(C)C. The number of halogens is 1. The minimum absolute atomic E-state index is 0.193. The van der Waals surface area contributed by atoms with E-state index in [1.165, 1.54) is 0 Å². The van der Waals surface area contributed by atoms with Crippen LogP contribution in [0.4, 0.5) is 0 Å². The van der Waals surface area contributed by atoms with Crippen molar-refractivity contribution in [1.29, 1.82) is 0 Å². The maximum Gasteiger partial charge on any atom is 0.261 e. The minimum Gasteiger partial charge on any atom is -0.484 e. The molecule has 0 aliphatic heterocycles. The Balaban J connectivity index is 1.93. The van der Waals surface area contributed by atoms with E-state index in [9.17, 15) is 9.59 Å². The van der Waals surface area contributed by atoms with Crippen LogP contribution >= 0.6 is 11.6 Å². The van der Waals surface area contributed by atoms with Crippen molar-refractivity contribution >= 4 is 23.4 Å². The quantitative estimate of drug-likeness (QED) is 0.424. The number of nitrogens with one attached hydrogen (secondary N) is 1. The second kappa shape index (κ2) is 11.9. The molecule has 1 atom stereocenters. The van der Waals surface area contributed by atoms with Crippen molar-refractivity contribution in [3.63, 3.8) is 0 Å². The summed E-state index contributed by atoms with van der Waals surface area (Å²) in [5, 5.41) is 3.66. The molecule has 3 aromatic rings. The normalized spacial score (nSPS) is 12.0. The van der Waals surface area contributed by atoms with Gasteiger partial charge in [-0.2, -0.15) is 0 Å². The summed E-state index contributed by atoms with van der Waals surface area (Å²) in [6.07, 6.45) is 0.390. The molecule has 0 bridgehead atoms. The van der Waals surface area contributed by atoms with Crippen molar-refractivity contribution in [2.75, 3.05) is 6.61 Å². The lowest BCUT2D eigenvalue weighted by atomic mass is 10.00. The van der Waals surface area contributed by atoms with Gasteiger partial charge < -0.3 is 15.0 Å². The second-order valence-electron chi connectivity index (χ2n) is 9.64. The van der Waals surface area contributed by atoms with Gasteiger partial charge >= 0.3 is 0 Å². The Morgan fingerprint density at radius 3 is 2.20 bits per heavy atom. The summed E-state index contributed by atoms with van der Waals surface area (Å²) in [6.45, 7) is 7.90. The zero-order valence-corrected chi connectivity index (χ0v) is 21.5. The van der Waals surface area contributed by atoms with E-state index in [-0.39, 0.29) is 18.4 Å². The van der Waals surface area contributed by atoms with Crippen LogP contribution in [0.15, 0.2) is 78.9 Å². The molecule has 6 heteroatoms. The fourth-order valence-electron chi connectivity index (χ4n) is 3.74. The monoisotopic (exact) mass is 492 g/mol. The Kier molecular flexibility index (Phi) is 8.94. The predicted octanol–water partition coefficient (Wildman–Crippen LogP) is 5.58. The molecule has 3 rings (SSSR count). The molecule has 0 spiro atoms. The number of amides is 2. The van der Waals surface area contributed by atoms with Gasteiger partial charge in [-0.3, -0.25) is 9.59 Å². The van der Waals surface area contributed by atoms with Gasteiger partial charge in [0.15, 0.2) is 6.61 Å². The number of aryl methyl sites for hydroxylation is 1. The summed E-state index contributed by atoms with van der Waals surface area (Å²) in [6, 6.07) is 23.8. The Morgan fingerprint density at radius 1 is 0.943 bits per heavy atom. The topological polar surface area (TPSA) is 58.6 Å². The Morgan fingerprint density at radius 2 is 1.57 bits per heavy atom. The third kappa shape index (κ3) is 8.15. The largest absolute Gasteiger partial charge is 0.484 e. The highest BCUT2D eigenvalue weighted by molar-refractivity contribution is 6.30. The van der Waals surface area contributed by atoms with Crippen molar-refractivity contribution in [3.05, 3.63) is 101 Å². The summed E-state index contributed by atoms with van der Waals surface area (Å²) >= 11 is 5.96. The minimum atomic E-state index is -0.711. The highest BCUT2D eigenvalue weighted by atomic mass is 35.5. The molecule has 0 aromatic heterocycles. The molecule has 0 radical (unpaired) electrons. The van der Waals surface area contributed by atoms with Gasteiger partial charge in [0, 0.05) is 23.5 Å². The highest BCUT2D eigenvalue weighted by Crippen LogP contribution is 2.19. The first kappa shape index (κ1) is 26.3. The zero-order chi connectivity index (χ0) is 25.4. The Bertz CT molecular complexity index is 1120. The molecule has 0 saturated carbocycles. The number of rotatable bonds is 9. The molecule has 0 saturated heterocycles. The van der Waals surface area contributed by atoms with Crippen LogP contribution in [0.5, 0.6) is 5.75 Å². The van der Waals surface area contributed by atoms with Crippen LogP contribution in [0.1, 0.15) is 37.5 Å². The number of nitrogens with zero attached hydrogens (tertiary/aromatic N) is 1. The van der Waals surface area contributed by atoms with Gasteiger partial charge in [0.2, 0.25) is 5.91 Å². The molecule has 0 aliphatic rings. The number of carbonyl (C=O) groups excluding carboxylic acids is 2. The summed E-state index contributed by atoms with van der Waals surface area (Å²) in [5.74, 6) is 0.0697. The predicted molar refractivity (Wildman–Crippen MR) is 141 cm³/mol. The van der Waals surface area contributed by atoms with Gasteiger partial charge in [0.05, 0.1) is 0 Å². The van der Waals surface area contributed by atoms with Gasteiger partial charge in [-0.15, -0.1) is 0 Å². The van der Waals surface area contributed by atoms with E-state index in [1.54, 1.807) is 29.2 Å². The van der Waals surface area contributed by atoms with Crippen molar-refractivity contribution in [1.82, 2.24) is 10.2 Å². The van der Waals surface area contributed by atoms with Crippen LogP contribution in [0.2, 0.25) is 5.02 Å². The van der Waals surface area contributed by atoms with E-state index in [0.29, 0.717) is 23.7 Å². The van der Waals surface area contributed by atoms with Crippen LogP contribution in [-0.4, -0.2) is 34.9 Å². The standard InChI is InChI=1S/C29H33ClN2O3/c1-21-10-8-9-13-23(21)19-32(27(33)20-35-25-16-14-24(30)15-17-25)26(28(34)31-29(2,3)4)18-22-11-6-5-7-12-22/h5-17,26H,18-20H2,1-4H3,(H,31,34). The smallest absolute Gasteiger partial charge is 0.261 e. The molecule has 184 valence electrons. The number of ether oxygens (including phenoxy) is 1. The molecule has 2 amide bonds. The first-order valence-electron chi connectivity index (χ1n) is 11.7. The summed E-state index contributed by atoms with van der Waals surface area (Å²) in [5.41, 5.74) is 2.57. The first-order valence-corrected chi connectivity index (χ1v) is 12.1. The number of hydrogen-bond donors (Lipinski definition) is 1. The highest BCUT2D eigenvalue weighted by Gasteiger charge is 2.32. The lowest BCUT2D eigenvalue weighted by Gasteiger charge is -2.34. The molecule has 1 unspecified atom stereocenters. The van der Waals surface area contributed by atoms with Gasteiger partial charge in [0.1, 0.15) is 11.8 Å². The van der Waals surface area contributed by atoms with Crippen LogP contribution in [0, 0.1) is 6.92 Å². The van der Waals surface area contributed by atoms with E-state index < -0.39 is 11.6 Å². The number of benzene rings is 3. The lowest BCUT2D eigenvalue weighted by molar-refractivity contribution is -0.143. The van der Waals surface area contributed by atoms with E-state index in [4.69, 9.17) is 16.3 Å². The molecule has 1 N–H and O–H groups in total. The third-order valence-electron chi connectivity index (χ3n) is 5.55. The molecular formula is C29H33ClN2O3. The average Bonchev–Trinajstić information content (AvgIpc) is 2.81. The van der Waals surface area contributed by atoms with Crippen LogP contribution in [0.3, 0.4) is 0 Å². The second-order valence-corrected chi connectivity index (χ2v) is 10.1. The van der Waals surface area contributed by atoms with Gasteiger partial charge in [-0.25, -0.2) is 0 Å². The molecule has 3 aromatic carbocycles.